The van der Waals surface area contributed by atoms with Gasteiger partial charge in [0, 0.05) is 32.7 Å². The Labute approximate surface area is 121 Å². The quantitative estimate of drug-likeness (QED) is 0.752. The predicted octanol–water partition coefficient (Wildman–Crippen LogP) is 2.49. The van der Waals surface area contributed by atoms with Gasteiger partial charge >= 0.3 is 6.09 Å². The topological polar surface area (TPSA) is 55.8 Å². The first kappa shape index (κ1) is 17.0. The van der Waals surface area contributed by atoms with Gasteiger partial charge in [-0.05, 0) is 33.6 Å². The Kier molecular flexibility index (Phi) is 5.99. The molecule has 20 heavy (non-hydrogen) atoms. The molecule has 1 amide bonds. The smallest absolute Gasteiger partial charge is 0.410 e. The number of nitrogens with zero attached hydrogens (tertiary/aromatic N) is 1. The van der Waals surface area contributed by atoms with E-state index in [9.17, 15) is 9.59 Å². The van der Waals surface area contributed by atoms with Crippen LogP contribution in [0.3, 0.4) is 0 Å². The minimum Gasteiger partial charge on any atom is -0.444 e. The fraction of sp³-hybridized carbons (Fsp3) is 0.867. The molecular formula is C15H27NO4. The molecule has 5 nitrogen and oxygen atoms in total. The Balaban J connectivity index is 2.39. The molecule has 0 aliphatic carbocycles. The molecule has 1 heterocycles. The summed E-state index contributed by atoms with van der Waals surface area (Å²) >= 11 is 0. The Hall–Kier alpha value is -1.10. The summed E-state index contributed by atoms with van der Waals surface area (Å²) in [5.74, 6) is 0.259. The van der Waals surface area contributed by atoms with Gasteiger partial charge < -0.3 is 14.4 Å². The lowest BCUT2D eigenvalue weighted by Gasteiger charge is -2.40. The van der Waals surface area contributed by atoms with Crippen LogP contribution in [0.25, 0.3) is 0 Å². The Bertz CT molecular complexity index is 342. The minimum absolute atomic E-state index is 0.0377. The van der Waals surface area contributed by atoms with Crippen molar-refractivity contribution in [2.75, 3.05) is 26.8 Å². The summed E-state index contributed by atoms with van der Waals surface area (Å²) in [4.78, 5) is 25.7. The molecule has 1 saturated heterocycles. The van der Waals surface area contributed by atoms with Crippen molar-refractivity contribution in [1.29, 1.82) is 0 Å². The molecule has 1 unspecified atom stereocenters. The summed E-state index contributed by atoms with van der Waals surface area (Å²) in [6.07, 6.45) is 1.26. The zero-order valence-electron chi connectivity index (χ0n) is 13.3. The average molecular weight is 285 g/mol. The molecule has 1 rings (SSSR count). The Morgan fingerprint density at radius 2 is 1.90 bits per heavy atom. The van der Waals surface area contributed by atoms with Gasteiger partial charge in [-0.15, -0.1) is 0 Å². The molecule has 1 atom stereocenters. The number of rotatable bonds is 6. The number of ether oxygens (including phenoxy) is 2. The van der Waals surface area contributed by atoms with Crippen LogP contribution in [0.5, 0.6) is 0 Å². The number of methoxy groups -OCH3 is 1. The van der Waals surface area contributed by atoms with Crippen LogP contribution in [0.1, 0.15) is 40.5 Å². The number of amides is 1. The van der Waals surface area contributed by atoms with Crippen molar-refractivity contribution in [3.05, 3.63) is 0 Å². The van der Waals surface area contributed by atoms with Crippen LogP contribution in [0.4, 0.5) is 4.79 Å². The molecule has 0 aromatic heterocycles. The normalized spacial score (nSPS) is 17.6. The van der Waals surface area contributed by atoms with Crippen LogP contribution < -0.4 is 0 Å². The SMILES string of the molecule is CCC(CCOC)C(=O)C1CN(C(=O)OC(C)(C)C)C1. The van der Waals surface area contributed by atoms with E-state index in [2.05, 4.69) is 0 Å². The number of carbonyl (C=O) groups is 2. The molecule has 0 N–H and O–H groups in total. The van der Waals surface area contributed by atoms with Gasteiger partial charge in [0.05, 0.1) is 5.92 Å². The second-order valence-electron chi connectivity index (χ2n) is 6.37. The van der Waals surface area contributed by atoms with E-state index in [1.165, 1.54) is 0 Å². The van der Waals surface area contributed by atoms with Crippen molar-refractivity contribution in [1.82, 2.24) is 4.90 Å². The van der Waals surface area contributed by atoms with Crippen LogP contribution in [0.15, 0.2) is 0 Å². The average Bonchev–Trinajstić information content (AvgIpc) is 2.25. The molecule has 1 fully saturated rings. The molecule has 0 saturated carbocycles. The maximum absolute atomic E-state index is 12.3. The lowest BCUT2D eigenvalue weighted by atomic mass is 9.84. The second-order valence-corrected chi connectivity index (χ2v) is 6.37. The molecule has 0 aromatic carbocycles. The van der Waals surface area contributed by atoms with Crippen molar-refractivity contribution < 1.29 is 19.1 Å². The first-order valence-corrected chi connectivity index (χ1v) is 7.29. The third-order valence-electron chi connectivity index (χ3n) is 3.50. The van der Waals surface area contributed by atoms with Crippen LogP contribution >= 0.6 is 0 Å². The summed E-state index contributed by atoms with van der Waals surface area (Å²) in [6, 6.07) is 0. The number of hydrogen-bond acceptors (Lipinski definition) is 4. The number of Topliss-reactive ketones (excluding diaryl/α,β-unsaturated/α-hetero) is 1. The summed E-state index contributed by atoms with van der Waals surface area (Å²) in [5.41, 5.74) is -0.489. The van der Waals surface area contributed by atoms with Gasteiger partial charge in [-0.25, -0.2) is 4.79 Å². The highest BCUT2D eigenvalue weighted by molar-refractivity contribution is 5.86. The fourth-order valence-corrected chi connectivity index (χ4v) is 2.28. The highest BCUT2D eigenvalue weighted by atomic mass is 16.6. The van der Waals surface area contributed by atoms with Crippen molar-refractivity contribution >= 4 is 11.9 Å². The maximum Gasteiger partial charge on any atom is 0.410 e. The molecule has 0 spiro atoms. The standard InChI is InChI=1S/C15H27NO4/c1-6-11(7-8-19-5)13(17)12-9-16(10-12)14(18)20-15(2,3)4/h11-12H,6-10H2,1-5H3. The van der Waals surface area contributed by atoms with Gasteiger partial charge in [-0.3, -0.25) is 4.79 Å². The lowest BCUT2D eigenvalue weighted by Crippen LogP contribution is -2.55. The lowest BCUT2D eigenvalue weighted by molar-refractivity contribution is -0.132. The van der Waals surface area contributed by atoms with Crippen molar-refractivity contribution in [2.24, 2.45) is 11.8 Å². The highest BCUT2D eigenvalue weighted by Crippen LogP contribution is 2.25. The number of ketones is 1. The number of likely N-dealkylation sites (tertiary alicyclic amines) is 1. The minimum atomic E-state index is -0.489. The van der Waals surface area contributed by atoms with Gasteiger partial charge in [-0.2, -0.15) is 0 Å². The van der Waals surface area contributed by atoms with Crippen molar-refractivity contribution in [2.45, 2.75) is 46.1 Å². The summed E-state index contributed by atoms with van der Waals surface area (Å²) in [6.45, 7) is 9.10. The summed E-state index contributed by atoms with van der Waals surface area (Å²) < 4.78 is 10.3. The number of hydrogen-bond donors (Lipinski definition) is 0. The van der Waals surface area contributed by atoms with E-state index in [1.807, 2.05) is 27.7 Å². The van der Waals surface area contributed by atoms with Gasteiger partial charge in [0.1, 0.15) is 11.4 Å². The Morgan fingerprint density at radius 1 is 1.30 bits per heavy atom. The largest absolute Gasteiger partial charge is 0.444 e. The van der Waals surface area contributed by atoms with E-state index < -0.39 is 5.60 Å². The van der Waals surface area contributed by atoms with Gasteiger partial charge in [0.15, 0.2) is 0 Å². The molecule has 5 heteroatoms. The van der Waals surface area contributed by atoms with E-state index >= 15 is 0 Å². The van der Waals surface area contributed by atoms with Crippen LogP contribution in [-0.2, 0) is 14.3 Å². The molecule has 0 bridgehead atoms. The Morgan fingerprint density at radius 3 is 2.35 bits per heavy atom. The van der Waals surface area contributed by atoms with Crippen LogP contribution in [0.2, 0.25) is 0 Å². The maximum atomic E-state index is 12.3. The fourth-order valence-electron chi connectivity index (χ4n) is 2.28. The first-order chi connectivity index (χ1) is 9.28. The van der Waals surface area contributed by atoms with Crippen LogP contribution in [-0.4, -0.2) is 49.2 Å². The molecular weight excluding hydrogens is 258 g/mol. The number of carbonyl (C=O) groups excluding carboxylic acids is 2. The van der Waals surface area contributed by atoms with Crippen LogP contribution in [0, 0.1) is 11.8 Å². The van der Waals surface area contributed by atoms with Crippen molar-refractivity contribution in [3.8, 4) is 0 Å². The molecule has 1 aliphatic heterocycles. The third-order valence-corrected chi connectivity index (χ3v) is 3.50. The zero-order valence-corrected chi connectivity index (χ0v) is 13.3. The monoisotopic (exact) mass is 285 g/mol. The van der Waals surface area contributed by atoms with Gasteiger partial charge in [0.2, 0.25) is 0 Å². The van der Waals surface area contributed by atoms with E-state index in [0.717, 1.165) is 12.8 Å². The second kappa shape index (κ2) is 7.07. The first-order valence-electron chi connectivity index (χ1n) is 7.29. The predicted molar refractivity (Wildman–Crippen MR) is 76.6 cm³/mol. The third kappa shape index (κ3) is 4.78. The zero-order chi connectivity index (χ0) is 15.3. The molecule has 116 valence electrons. The summed E-state index contributed by atoms with van der Waals surface area (Å²) in [7, 11) is 1.64. The highest BCUT2D eigenvalue weighted by Gasteiger charge is 2.39. The molecule has 0 radical (unpaired) electrons. The van der Waals surface area contributed by atoms with Gasteiger partial charge in [0.25, 0.3) is 0 Å². The molecule has 0 aromatic rings. The van der Waals surface area contributed by atoms with Crippen molar-refractivity contribution in [3.63, 3.8) is 0 Å². The summed E-state index contributed by atoms with van der Waals surface area (Å²) in [5, 5.41) is 0. The van der Waals surface area contributed by atoms with Gasteiger partial charge in [-0.1, -0.05) is 6.92 Å². The molecule has 1 aliphatic rings. The van der Waals surface area contributed by atoms with E-state index in [4.69, 9.17) is 9.47 Å². The van der Waals surface area contributed by atoms with E-state index in [0.29, 0.717) is 19.7 Å². The van der Waals surface area contributed by atoms with E-state index in [1.54, 1.807) is 12.0 Å². The van der Waals surface area contributed by atoms with E-state index in [-0.39, 0.29) is 23.7 Å².